The highest BCUT2D eigenvalue weighted by Crippen LogP contribution is 2.18. The summed E-state index contributed by atoms with van der Waals surface area (Å²) < 4.78 is 10.3. The minimum atomic E-state index is -0.865. The smallest absolute Gasteiger partial charge is 0.437 e. The van der Waals surface area contributed by atoms with Crippen molar-refractivity contribution in [3.05, 3.63) is 36.3 Å². The molecule has 136 valence electrons. The highest BCUT2D eigenvalue weighted by atomic mass is 16.5. The van der Waals surface area contributed by atoms with Crippen molar-refractivity contribution in [1.29, 1.82) is 0 Å². The first-order valence-electron chi connectivity index (χ1n) is 7.99. The number of aromatic nitrogens is 3. The van der Waals surface area contributed by atoms with Gasteiger partial charge >= 0.3 is 6.09 Å². The van der Waals surface area contributed by atoms with Crippen molar-refractivity contribution in [1.82, 2.24) is 15.0 Å². The van der Waals surface area contributed by atoms with E-state index in [-0.39, 0.29) is 12.6 Å². The summed E-state index contributed by atoms with van der Waals surface area (Å²) in [5.41, 5.74) is 12.2. The maximum Gasteiger partial charge on any atom is 0.437 e. The number of carbonyl (C=O) groups excluding carboxylic acids is 1. The summed E-state index contributed by atoms with van der Waals surface area (Å²) in [4.78, 5) is 29.9. The molecule has 3 rings (SSSR count). The Balaban J connectivity index is 1.67. The zero-order chi connectivity index (χ0) is 18.4. The summed E-state index contributed by atoms with van der Waals surface area (Å²) in [5, 5.41) is 0. The molecule has 1 aliphatic heterocycles. The molecule has 3 heterocycles. The highest BCUT2D eigenvalue weighted by Gasteiger charge is 2.14. The monoisotopic (exact) mass is 357 g/mol. The Morgan fingerprint density at radius 1 is 1.23 bits per heavy atom. The molecule has 0 bridgehead atoms. The van der Waals surface area contributed by atoms with Gasteiger partial charge in [0.15, 0.2) is 5.96 Å². The molecule has 2 aromatic heterocycles. The van der Waals surface area contributed by atoms with Crippen LogP contribution in [-0.4, -0.2) is 53.3 Å². The number of nitrogens with zero attached hydrogens (tertiary/aromatic N) is 5. The zero-order valence-electron chi connectivity index (χ0n) is 14.0. The molecule has 10 nitrogen and oxygen atoms in total. The van der Waals surface area contributed by atoms with E-state index in [1.165, 1.54) is 0 Å². The Hall–Kier alpha value is -3.27. The van der Waals surface area contributed by atoms with Gasteiger partial charge in [-0.25, -0.2) is 19.7 Å². The molecule has 0 radical (unpaired) electrons. The Morgan fingerprint density at radius 3 is 2.65 bits per heavy atom. The SMILES string of the molecule is NC(N)=NC(=O)OCc1cccc(-c2cnc(N3CCOCC3)nc2)n1. The van der Waals surface area contributed by atoms with Crippen LogP contribution in [0.2, 0.25) is 0 Å². The van der Waals surface area contributed by atoms with Gasteiger partial charge in [-0.1, -0.05) is 6.07 Å². The van der Waals surface area contributed by atoms with Gasteiger partial charge in [-0.05, 0) is 12.1 Å². The second kappa shape index (κ2) is 8.21. The molecular weight excluding hydrogens is 338 g/mol. The molecule has 0 saturated carbocycles. The standard InChI is InChI=1S/C16H19N7O3/c17-14(18)22-16(24)26-10-12-2-1-3-13(21-12)11-8-19-15(20-9-11)23-4-6-25-7-5-23/h1-3,8-9H,4-7,10H2,(H4,17,18,22,24). The molecule has 0 aromatic carbocycles. The number of ether oxygens (including phenoxy) is 2. The molecule has 0 aliphatic carbocycles. The summed E-state index contributed by atoms with van der Waals surface area (Å²) in [5.74, 6) is 0.314. The number of pyridine rings is 1. The topological polar surface area (TPSA) is 142 Å². The first-order valence-corrected chi connectivity index (χ1v) is 7.99. The van der Waals surface area contributed by atoms with E-state index in [1.54, 1.807) is 18.5 Å². The minimum absolute atomic E-state index is 0.0455. The summed E-state index contributed by atoms with van der Waals surface area (Å²) >= 11 is 0. The highest BCUT2D eigenvalue weighted by molar-refractivity contribution is 5.87. The first kappa shape index (κ1) is 17.5. The molecule has 1 amide bonds. The fraction of sp³-hybridized carbons (Fsp3) is 0.312. The zero-order valence-corrected chi connectivity index (χ0v) is 14.0. The third-order valence-electron chi connectivity index (χ3n) is 3.60. The van der Waals surface area contributed by atoms with Crippen LogP contribution in [0.25, 0.3) is 11.3 Å². The molecule has 26 heavy (non-hydrogen) atoms. The van der Waals surface area contributed by atoms with E-state index in [2.05, 4.69) is 24.8 Å². The molecule has 10 heteroatoms. The number of amides is 1. The number of hydrogen-bond acceptors (Lipinski definition) is 7. The lowest BCUT2D eigenvalue weighted by molar-refractivity contribution is 0.122. The van der Waals surface area contributed by atoms with Crippen LogP contribution < -0.4 is 16.4 Å². The van der Waals surface area contributed by atoms with Gasteiger partial charge in [-0.2, -0.15) is 0 Å². The van der Waals surface area contributed by atoms with E-state index >= 15 is 0 Å². The third kappa shape index (κ3) is 4.63. The van der Waals surface area contributed by atoms with Gasteiger partial charge in [0.05, 0.1) is 24.6 Å². The van der Waals surface area contributed by atoms with E-state index in [0.29, 0.717) is 30.5 Å². The van der Waals surface area contributed by atoms with E-state index in [1.807, 2.05) is 12.1 Å². The summed E-state index contributed by atoms with van der Waals surface area (Å²) in [7, 11) is 0. The van der Waals surface area contributed by atoms with Gasteiger partial charge in [0.2, 0.25) is 5.95 Å². The predicted octanol–water partition coefficient (Wildman–Crippen LogP) is 0.285. The van der Waals surface area contributed by atoms with Crippen LogP contribution in [0.3, 0.4) is 0 Å². The van der Waals surface area contributed by atoms with Crippen molar-refractivity contribution in [3.8, 4) is 11.3 Å². The normalized spacial score (nSPS) is 13.9. The number of guanidine groups is 1. The minimum Gasteiger partial charge on any atom is -0.441 e. The number of anilines is 1. The van der Waals surface area contributed by atoms with Crippen molar-refractivity contribution in [3.63, 3.8) is 0 Å². The molecule has 0 spiro atoms. The molecule has 1 fully saturated rings. The summed E-state index contributed by atoms with van der Waals surface area (Å²) in [6.07, 6.45) is 2.57. The van der Waals surface area contributed by atoms with Gasteiger partial charge in [0.1, 0.15) is 6.61 Å². The molecule has 1 aliphatic rings. The van der Waals surface area contributed by atoms with Crippen LogP contribution in [0.15, 0.2) is 35.6 Å². The average molecular weight is 357 g/mol. The van der Waals surface area contributed by atoms with Gasteiger partial charge < -0.3 is 25.8 Å². The van der Waals surface area contributed by atoms with Gasteiger partial charge in [0, 0.05) is 31.0 Å². The first-order chi connectivity index (χ1) is 12.6. The van der Waals surface area contributed by atoms with Crippen LogP contribution in [-0.2, 0) is 16.1 Å². The van der Waals surface area contributed by atoms with Crippen molar-refractivity contribution in [2.75, 3.05) is 31.2 Å². The Bertz CT molecular complexity index is 785. The maximum atomic E-state index is 11.3. The van der Waals surface area contributed by atoms with Gasteiger partial charge in [-0.15, -0.1) is 4.99 Å². The molecule has 2 aromatic rings. The van der Waals surface area contributed by atoms with Gasteiger partial charge in [-0.3, -0.25) is 0 Å². The second-order valence-corrected chi connectivity index (χ2v) is 5.48. The van der Waals surface area contributed by atoms with Crippen LogP contribution in [0.5, 0.6) is 0 Å². The lowest BCUT2D eigenvalue weighted by atomic mass is 10.2. The van der Waals surface area contributed by atoms with Crippen molar-refractivity contribution in [2.45, 2.75) is 6.61 Å². The number of rotatable bonds is 4. The number of morpholine rings is 1. The number of hydrogen-bond donors (Lipinski definition) is 2. The number of carbonyl (C=O) groups is 1. The van der Waals surface area contributed by atoms with Crippen LogP contribution >= 0.6 is 0 Å². The van der Waals surface area contributed by atoms with E-state index in [4.69, 9.17) is 20.9 Å². The lowest BCUT2D eigenvalue weighted by Crippen LogP contribution is -2.37. The van der Waals surface area contributed by atoms with Gasteiger partial charge in [0.25, 0.3) is 0 Å². The summed E-state index contributed by atoms with van der Waals surface area (Å²) in [6, 6.07) is 5.37. The lowest BCUT2D eigenvalue weighted by Gasteiger charge is -2.26. The fourth-order valence-corrected chi connectivity index (χ4v) is 2.37. The van der Waals surface area contributed by atoms with Crippen LogP contribution in [0.1, 0.15) is 5.69 Å². The molecule has 0 atom stereocenters. The van der Waals surface area contributed by atoms with Crippen molar-refractivity contribution in [2.24, 2.45) is 16.5 Å². The Kier molecular flexibility index (Phi) is 5.54. The molecule has 4 N–H and O–H groups in total. The molecular formula is C16H19N7O3. The van der Waals surface area contributed by atoms with E-state index in [9.17, 15) is 4.79 Å². The summed E-state index contributed by atoms with van der Waals surface area (Å²) in [6.45, 7) is 2.85. The van der Waals surface area contributed by atoms with Crippen LogP contribution in [0.4, 0.5) is 10.7 Å². The van der Waals surface area contributed by atoms with E-state index < -0.39 is 6.09 Å². The maximum absolute atomic E-state index is 11.3. The van der Waals surface area contributed by atoms with E-state index in [0.717, 1.165) is 18.7 Å². The molecule has 0 unspecified atom stereocenters. The quantitative estimate of drug-likeness (QED) is 0.583. The largest absolute Gasteiger partial charge is 0.441 e. The van der Waals surface area contributed by atoms with Crippen molar-refractivity contribution >= 4 is 18.0 Å². The second-order valence-electron chi connectivity index (χ2n) is 5.48. The number of aliphatic imine (C=N–C) groups is 1. The van der Waals surface area contributed by atoms with Crippen molar-refractivity contribution < 1.29 is 14.3 Å². The Morgan fingerprint density at radius 2 is 1.96 bits per heavy atom. The van der Waals surface area contributed by atoms with Crippen LogP contribution in [0, 0.1) is 0 Å². The average Bonchev–Trinajstić information content (AvgIpc) is 2.67. The Labute approximate surface area is 149 Å². The predicted molar refractivity (Wildman–Crippen MR) is 94.3 cm³/mol. The number of nitrogens with two attached hydrogens (primary N) is 2. The fourth-order valence-electron chi connectivity index (χ4n) is 2.37. The third-order valence-corrected chi connectivity index (χ3v) is 3.60. The molecule has 1 saturated heterocycles.